The summed E-state index contributed by atoms with van der Waals surface area (Å²) in [5.41, 5.74) is 3.42. The molecular formula is C22H18N2O2. The number of nitrogens with zero attached hydrogens (tertiary/aromatic N) is 2. The first-order valence-corrected chi connectivity index (χ1v) is 8.17. The number of methoxy groups -OCH3 is 1. The zero-order valence-corrected chi connectivity index (χ0v) is 14.4. The highest BCUT2D eigenvalue weighted by atomic mass is 16.5. The van der Waals surface area contributed by atoms with Crippen molar-refractivity contribution >= 4 is 12.2 Å². The molecule has 0 aliphatic carbocycles. The second kappa shape index (κ2) is 8.50. The molecule has 3 aromatic rings. The normalized spacial score (nSPS) is 10.5. The van der Waals surface area contributed by atoms with Gasteiger partial charge in [-0.15, -0.1) is 0 Å². The van der Waals surface area contributed by atoms with Gasteiger partial charge in [-0.2, -0.15) is 5.26 Å². The number of pyridine rings is 1. The van der Waals surface area contributed by atoms with Gasteiger partial charge >= 0.3 is 0 Å². The minimum atomic E-state index is 0.481. The summed E-state index contributed by atoms with van der Waals surface area (Å²) in [6.45, 7) is 0.481. The number of ether oxygens (including phenoxy) is 2. The predicted octanol–water partition coefficient (Wildman–Crippen LogP) is 4.71. The van der Waals surface area contributed by atoms with Gasteiger partial charge in [-0.3, -0.25) is 4.98 Å². The van der Waals surface area contributed by atoms with E-state index in [0.29, 0.717) is 23.7 Å². The molecule has 3 rings (SSSR count). The summed E-state index contributed by atoms with van der Waals surface area (Å²) in [5.74, 6) is 1.36. The van der Waals surface area contributed by atoms with Gasteiger partial charge in [-0.1, -0.05) is 48.6 Å². The molecule has 128 valence electrons. The Labute approximate surface area is 153 Å². The molecule has 0 unspecified atom stereocenters. The van der Waals surface area contributed by atoms with Crippen LogP contribution in [0.25, 0.3) is 12.2 Å². The SMILES string of the molecule is COc1cc(C=Cc2ccncc2C#N)ccc1OCc1ccccc1. The lowest BCUT2D eigenvalue weighted by molar-refractivity contribution is 0.284. The van der Waals surface area contributed by atoms with Crippen LogP contribution in [0, 0.1) is 11.3 Å². The number of benzene rings is 2. The smallest absolute Gasteiger partial charge is 0.161 e. The third-order valence-corrected chi connectivity index (χ3v) is 3.86. The zero-order valence-electron chi connectivity index (χ0n) is 14.4. The van der Waals surface area contributed by atoms with Gasteiger partial charge in [0.1, 0.15) is 12.7 Å². The molecule has 0 aliphatic heterocycles. The Kier molecular flexibility index (Phi) is 5.64. The summed E-state index contributed by atoms with van der Waals surface area (Å²) < 4.78 is 11.3. The highest BCUT2D eigenvalue weighted by Crippen LogP contribution is 2.29. The van der Waals surface area contributed by atoms with Crippen molar-refractivity contribution in [1.29, 1.82) is 5.26 Å². The Bertz CT molecular complexity index is 944. The van der Waals surface area contributed by atoms with Crippen molar-refractivity contribution in [3.63, 3.8) is 0 Å². The van der Waals surface area contributed by atoms with E-state index in [9.17, 15) is 0 Å². The van der Waals surface area contributed by atoms with Gasteiger partial charge in [0.25, 0.3) is 0 Å². The summed E-state index contributed by atoms with van der Waals surface area (Å²) in [6, 6.07) is 19.7. The molecule has 0 N–H and O–H groups in total. The van der Waals surface area contributed by atoms with E-state index in [-0.39, 0.29) is 0 Å². The van der Waals surface area contributed by atoms with Crippen LogP contribution in [0.15, 0.2) is 67.0 Å². The third kappa shape index (κ3) is 4.28. The van der Waals surface area contributed by atoms with Crippen molar-refractivity contribution in [3.05, 3.63) is 89.2 Å². The Hall–Kier alpha value is -3.58. The number of aromatic nitrogens is 1. The molecule has 4 nitrogen and oxygen atoms in total. The van der Waals surface area contributed by atoms with Gasteiger partial charge in [0.05, 0.1) is 12.7 Å². The maximum Gasteiger partial charge on any atom is 0.161 e. The first-order valence-electron chi connectivity index (χ1n) is 8.17. The van der Waals surface area contributed by atoms with E-state index in [0.717, 1.165) is 16.7 Å². The fourth-order valence-corrected chi connectivity index (χ4v) is 2.47. The lowest BCUT2D eigenvalue weighted by Crippen LogP contribution is -1.97. The second-order valence-electron chi connectivity index (χ2n) is 5.59. The standard InChI is InChI=1S/C22H18N2O2/c1-25-22-13-17(7-9-19-11-12-24-15-20(19)14-23)8-10-21(22)26-16-18-5-3-2-4-6-18/h2-13,15H,16H2,1H3. The average Bonchev–Trinajstić information content (AvgIpc) is 2.71. The molecule has 0 radical (unpaired) electrons. The van der Waals surface area contributed by atoms with E-state index in [2.05, 4.69) is 11.1 Å². The number of hydrogen-bond acceptors (Lipinski definition) is 4. The Morgan fingerprint density at radius 2 is 1.88 bits per heavy atom. The number of nitriles is 1. The largest absolute Gasteiger partial charge is 0.493 e. The van der Waals surface area contributed by atoms with Crippen LogP contribution in [0.5, 0.6) is 11.5 Å². The first-order chi connectivity index (χ1) is 12.8. The van der Waals surface area contributed by atoms with Crippen LogP contribution < -0.4 is 9.47 Å². The molecule has 0 bridgehead atoms. The van der Waals surface area contributed by atoms with Crippen LogP contribution in [0.2, 0.25) is 0 Å². The maximum atomic E-state index is 9.13. The average molecular weight is 342 g/mol. The highest BCUT2D eigenvalue weighted by Gasteiger charge is 2.05. The van der Waals surface area contributed by atoms with Gasteiger partial charge in [0, 0.05) is 12.4 Å². The maximum absolute atomic E-state index is 9.13. The summed E-state index contributed by atoms with van der Waals surface area (Å²) in [6.07, 6.45) is 7.04. The molecule has 0 amide bonds. The van der Waals surface area contributed by atoms with Gasteiger partial charge in [0.2, 0.25) is 0 Å². The fraction of sp³-hybridized carbons (Fsp3) is 0.0909. The lowest BCUT2D eigenvalue weighted by Gasteiger charge is -2.11. The molecule has 0 saturated carbocycles. The molecular weight excluding hydrogens is 324 g/mol. The van der Waals surface area contributed by atoms with E-state index in [1.807, 2.05) is 66.7 Å². The minimum Gasteiger partial charge on any atom is -0.493 e. The van der Waals surface area contributed by atoms with E-state index in [4.69, 9.17) is 14.7 Å². The quantitative estimate of drug-likeness (QED) is 0.651. The van der Waals surface area contributed by atoms with Crippen molar-refractivity contribution in [2.45, 2.75) is 6.61 Å². The van der Waals surface area contributed by atoms with Crippen molar-refractivity contribution in [1.82, 2.24) is 4.98 Å². The molecule has 1 heterocycles. The van der Waals surface area contributed by atoms with Gasteiger partial charge in [0.15, 0.2) is 11.5 Å². The lowest BCUT2D eigenvalue weighted by atomic mass is 10.1. The van der Waals surface area contributed by atoms with Gasteiger partial charge in [-0.25, -0.2) is 0 Å². The number of hydrogen-bond donors (Lipinski definition) is 0. The predicted molar refractivity (Wildman–Crippen MR) is 102 cm³/mol. The van der Waals surface area contributed by atoms with Crippen LogP contribution in [-0.2, 0) is 6.61 Å². The molecule has 2 aromatic carbocycles. The van der Waals surface area contributed by atoms with Crippen molar-refractivity contribution in [2.75, 3.05) is 7.11 Å². The van der Waals surface area contributed by atoms with Crippen LogP contribution in [-0.4, -0.2) is 12.1 Å². The van der Waals surface area contributed by atoms with E-state index < -0.39 is 0 Å². The van der Waals surface area contributed by atoms with Crippen molar-refractivity contribution < 1.29 is 9.47 Å². The van der Waals surface area contributed by atoms with Crippen molar-refractivity contribution in [3.8, 4) is 17.6 Å². The Balaban J connectivity index is 1.76. The molecule has 0 aliphatic rings. The fourth-order valence-electron chi connectivity index (χ4n) is 2.47. The Morgan fingerprint density at radius 3 is 2.65 bits per heavy atom. The molecule has 1 aromatic heterocycles. The van der Waals surface area contributed by atoms with Crippen LogP contribution in [0.4, 0.5) is 0 Å². The topological polar surface area (TPSA) is 55.1 Å². The Morgan fingerprint density at radius 1 is 1.04 bits per heavy atom. The summed E-state index contributed by atoms with van der Waals surface area (Å²) in [5, 5.41) is 9.13. The first kappa shape index (κ1) is 17.2. The summed E-state index contributed by atoms with van der Waals surface area (Å²) in [7, 11) is 1.62. The molecule has 26 heavy (non-hydrogen) atoms. The van der Waals surface area contributed by atoms with Crippen molar-refractivity contribution in [2.24, 2.45) is 0 Å². The highest BCUT2D eigenvalue weighted by molar-refractivity contribution is 5.73. The van der Waals surface area contributed by atoms with Crippen LogP contribution in [0.3, 0.4) is 0 Å². The molecule has 0 fully saturated rings. The number of rotatable bonds is 6. The van der Waals surface area contributed by atoms with Gasteiger partial charge in [-0.05, 0) is 34.9 Å². The second-order valence-corrected chi connectivity index (χ2v) is 5.59. The third-order valence-electron chi connectivity index (χ3n) is 3.86. The molecule has 0 atom stereocenters. The molecule has 0 saturated heterocycles. The van der Waals surface area contributed by atoms with Gasteiger partial charge < -0.3 is 9.47 Å². The van der Waals surface area contributed by atoms with Crippen LogP contribution >= 0.6 is 0 Å². The molecule has 4 heteroatoms. The monoisotopic (exact) mass is 342 g/mol. The minimum absolute atomic E-state index is 0.481. The van der Waals surface area contributed by atoms with E-state index in [1.54, 1.807) is 19.5 Å². The van der Waals surface area contributed by atoms with E-state index >= 15 is 0 Å². The zero-order chi connectivity index (χ0) is 18.2. The summed E-state index contributed by atoms with van der Waals surface area (Å²) >= 11 is 0. The van der Waals surface area contributed by atoms with Crippen LogP contribution in [0.1, 0.15) is 22.3 Å². The molecule has 0 spiro atoms. The van der Waals surface area contributed by atoms with E-state index in [1.165, 1.54) is 0 Å². The summed E-state index contributed by atoms with van der Waals surface area (Å²) in [4.78, 5) is 3.96.